The highest BCUT2D eigenvalue weighted by atomic mass is 16.6. The highest BCUT2D eigenvalue weighted by molar-refractivity contribution is 5.72. The third kappa shape index (κ3) is 3.92. The second-order valence-electron chi connectivity index (χ2n) is 5.32. The van der Waals surface area contributed by atoms with E-state index in [-0.39, 0.29) is 23.2 Å². The van der Waals surface area contributed by atoms with E-state index in [9.17, 15) is 10.1 Å². The Hall–Kier alpha value is -2.83. The normalized spacial score (nSPS) is 12.3. The highest BCUT2D eigenvalue weighted by Crippen LogP contribution is 2.31. The third-order valence-corrected chi connectivity index (χ3v) is 3.56. The average Bonchev–Trinajstić information content (AvgIpc) is 2.94. The molecule has 24 heavy (non-hydrogen) atoms. The molecule has 0 fully saturated rings. The minimum Gasteiger partial charge on any atom is -0.493 e. The zero-order valence-corrected chi connectivity index (χ0v) is 14.1. The molecule has 0 saturated heterocycles. The van der Waals surface area contributed by atoms with Gasteiger partial charge in [0.05, 0.1) is 18.1 Å². The lowest BCUT2D eigenvalue weighted by Gasteiger charge is -2.15. The van der Waals surface area contributed by atoms with Crippen molar-refractivity contribution < 1.29 is 18.9 Å². The number of rotatable bonds is 7. The lowest BCUT2D eigenvalue weighted by Crippen LogP contribution is -2.10. The molecule has 0 amide bonds. The van der Waals surface area contributed by atoms with Crippen molar-refractivity contribution in [2.45, 2.75) is 33.3 Å². The maximum absolute atomic E-state index is 11.0. The first-order valence-electron chi connectivity index (χ1n) is 7.59. The van der Waals surface area contributed by atoms with Crippen LogP contribution in [0.3, 0.4) is 0 Å². The van der Waals surface area contributed by atoms with E-state index in [1.165, 1.54) is 13.0 Å². The van der Waals surface area contributed by atoms with Gasteiger partial charge in [0, 0.05) is 0 Å². The van der Waals surface area contributed by atoms with Gasteiger partial charge in [-0.05, 0) is 44.0 Å². The smallest absolute Gasteiger partial charge is 0.338 e. The van der Waals surface area contributed by atoms with Gasteiger partial charge in [0.1, 0.15) is 0 Å². The first-order chi connectivity index (χ1) is 11.5. The fourth-order valence-corrected chi connectivity index (χ4v) is 2.07. The van der Waals surface area contributed by atoms with Crippen molar-refractivity contribution >= 4 is 17.8 Å². The van der Waals surface area contributed by atoms with Crippen molar-refractivity contribution in [2.75, 3.05) is 7.11 Å². The van der Waals surface area contributed by atoms with E-state index >= 15 is 0 Å². The second-order valence-corrected chi connectivity index (χ2v) is 5.32. The molecule has 0 unspecified atom stereocenters. The summed E-state index contributed by atoms with van der Waals surface area (Å²) in [7, 11) is 1.57. The Morgan fingerprint density at radius 3 is 2.75 bits per heavy atom. The van der Waals surface area contributed by atoms with Crippen LogP contribution < -0.4 is 9.47 Å². The van der Waals surface area contributed by atoms with E-state index < -0.39 is 4.92 Å². The molecule has 2 aromatic rings. The van der Waals surface area contributed by atoms with Gasteiger partial charge >= 0.3 is 5.69 Å². The number of hydrogen-bond donors (Lipinski definition) is 0. The summed E-state index contributed by atoms with van der Waals surface area (Å²) >= 11 is 0. The van der Waals surface area contributed by atoms with Gasteiger partial charge in [0.2, 0.25) is 5.76 Å². The molecule has 0 spiro atoms. The van der Waals surface area contributed by atoms with E-state index in [2.05, 4.69) is 5.16 Å². The molecule has 0 aliphatic heterocycles. The molecule has 0 bridgehead atoms. The molecule has 7 nitrogen and oxygen atoms in total. The average molecular weight is 332 g/mol. The number of ether oxygens (including phenoxy) is 2. The molecule has 128 valence electrons. The molecular formula is C17H20N2O5. The van der Waals surface area contributed by atoms with Crippen molar-refractivity contribution in [1.82, 2.24) is 5.16 Å². The Morgan fingerprint density at radius 1 is 1.38 bits per heavy atom. The maximum Gasteiger partial charge on any atom is 0.338 e. The predicted octanol–water partition coefficient (Wildman–Crippen LogP) is 4.25. The van der Waals surface area contributed by atoms with Crippen molar-refractivity contribution in [2.24, 2.45) is 0 Å². The van der Waals surface area contributed by atoms with Gasteiger partial charge in [-0.2, -0.15) is 0 Å². The zero-order chi connectivity index (χ0) is 17.7. The summed E-state index contributed by atoms with van der Waals surface area (Å²) in [5, 5.41) is 14.7. The molecule has 1 aromatic carbocycles. The molecule has 1 heterocycles. The Kier molecular flexibility index (Phi) is 5.57. The zero-order valence-electron chi connectivity index (χ0n) is 14.1. The Morgan fingerprint density at radius 2 is 2.12 bits per heavy atom. The summed E-state index contributed by atoms with van der Waals surface area (Å²) in [6.07, 6.45) is 4.18. The van der Waals surface area contributed by atoms with Crippen LogP contribution in [0.4, 0.5) is 5.69 Å². The van der Waals surface area contributed by atoms with Crippen LogP contribution >= 0.6 is 0 Å². The molecule has 0 N–H and O–H groups in total. The maximum atomic E-state index is 11.0. The van der Waals surface area contributed by atoms with E-state index in [4.69, 9.17) is 14.0 Å². The molecule has 0 saturated carbocycles. The molecular weight excluding hydrogens is 312 g/mol. The Labute approximate surface area is 140 Å². The number of aryl methyl sites for hydroxylation is 1. The summed E-state index contributed by atoms with van der Waals surface area (Å²) in [6.45, 7) is 5.56. The number of benzene rings is 1. The largest absolute Gasteiger partial charge is 0.493 e. The van der Waals surface area contributed by atoms with Crippen LogP contribution in [0.5, 0.6) is 11.5 Å². The number of hydrogen-bond acceptors (Lipinski definition) is 6. The van der Waals surface area contributed by atoms with Gasteiger partial charge in [-0.1, -0.05) is 24.2 Å². The quantitative estimate of drug-likeness (QED) is 0.556. The van der Waals surface area contributed by atoms with Gasteiger partial charge in [0.15, 0.2) is 17.2 Å². The monoisotopic (exact) mass is 332 g/mol. The van der Waals surface area contributed by atoms with Crippen molar-refractivity contribution in [3.05, 3.63) is 45.3 Å². The van der Waals surface area contributed by atoms with Gasteiger partial charge in [-0.25, -0.2) is 0 Å². The van der Waals surface area contributed by atoms with Crippen molar-refractivity contribution in [3.63, 3.8) is 0 Å². The van der Waals surface area contributed by atoms with Crippen LogP contribution in [0.25, 0.3) is 12.2 Å². The van der Waals surface area contributed by atoms with E-state index in [1.54, 1.807) is 19.3 Å². The van der Waals surface area contributed by atoms with Gasteiger partial charge in [-0.3, -0.25) is 10.1 Å². The van der Waals surface area contributed by atoms with Crippen molar-refractivity contribution in [1.29, 1.82) is 0 Å². The van der Waals surface area contributed by atoms with Gasteiger partial charge in [0.25, 0.3) is 0 Å². The van der Waals surface area contributed by atoms with E-state index in [1.807, 2.05) is 26.0 Å². The fourth-order valence-electron chi connectivity index (χ4n) is 2.07. The number of methoxy groups -OCH3 is 1. The van der Waals surface area contributed by atoms with Gasteiger partial charge < -0.3 is 14.0 Å². The SMILES string of the molecule is CC[C@H](C)Oc1ccc(/C=C/c2onc(C)c2[N+](=O)[O-])cc1OC. The summed E-state index contributed by atoms with van der Waals surface area (Å²) < 4.78 is 16.1. The Balaban J connectivity index is 2.26. The molecule has 0 radical (unpaired) electrons. The fraction of sp³-hybridized carbons (Fsp3) is 0.353. The third-order valence-electron chi connectivity index (χ3n) is 3.56. The number of nitro groups is 1. The van der Waals surface area contributed by atoms with Crippen LogP contribution in [-0.4, -0.2) is 23.3 Å². The van der Waals surface area contributed by atoms with Crippen LogP contribution in [-0.2, 0) is 0 Å². The molecule has 0 aliphatic rings. The lowest BCUT2D eigenvalue weighted by molar-refractivity contribution is -0.386. The summed E-state index contributed by atoms with van der Waals surface area (Å²) in [5.41, 5.74) is 0.913. The predicted molar refractivity (Wildman–Crippen MR) is 90.2 cm³/mol. The molecule has 0 aliphatic carbocycles. The Bertz CT molecular complexity index is 751. The second kappa shape index (κ2) is 7.63. The topological polar surface area (TPSA) is 87.6 Å². The number of aromatic nitrogens is 1. The van der Waals surface area contributed by atoms with Crippen LogP contribution in [0.1, 0.15) is 37.3 Å². The first-order valence-corrected chi connectivity index (χ1v) is 7.59. The van der Waals surface area contributed by atoms with E-state index in [0.29, 0.717) is 11.5 Å². The summed E-state index contributed by atoms with van der Waals surface area (Å²) in [4.78, 5) is 10.5. The number of nitrogens with zero attached hydrogens (tertiary/aromatic N) is 2. The molecule has 7 heteroatoms. The van der Waals surface area contributed by atoms with Crippen molar-refractivity contribution in [3.8, 4) is 11.5 Å². The molecule has 1 aromatic heterocycles. The summed E-state index contributed by atoms with van der Waals surface area (Å²) in [6, 6.07) is 5.44. The summed E-state index contributed by atoms with van der Waals surface area (Å²) in [5.74, 6) is 1.36. The highest BCUT2D eigenvalue weighted by Gasteiger charge is 2.21. The van der Waals surface area contributed by atoms with Crippen LogP contribution in [0, 0.1) is 17.0 Å². The van der Waals surface area contributed by atoms with Gasteiger partial charge in [-0.15, -0.1) is 0 Å². The first kappa shape index (κ1) is 17.5. The van der Waals surface area contributed by atoms with E-state index in [0.717, 1.165) is 12.0 Å². The van der Waals surface area contributed by atoms with Crippen LogP contribution in [0.2, 0.25) is 0 Å². The minimum atomic E-state index is -0.505. The molecule has 1 atom stereocenters. The molecule has 2 rings (SSSR count). The standard InChI is InChI=1S/C17H20N2O5/c1-5-11(2)23-14-8-6-13(10-16(14)22-4)7-9-15-17(19(20)21)12(3)18-24-15/h6-11H,5H2,1-4H3/b9-7+/t11-/m0/s1. The van der Waals surface area contributed by atoms with Crippen LogP contribution in [0.15, 0.2) is 22.7 Å². The lowest BCUT2D eigenvalue weighted by atomic mass is 10.1. The minimum absolute atomic E-state index is 0.0834.